The second-order valence-corrected chi connectivity index (χ2v) is 8.63. The quantitative estimate of drug-likeness (QED) is 0.188. The lowest BCUT2D eigenvalue weighted by molar-refractivity contribution is 0.0523. The molecule has 0 aliphatic heterocycles. The molecule has 3 aromatic heterocycles. The smallest absolute Gasteiger partial charge is 0.341 e. The Kier molecular flexibility index (Phi) is 7.10. The Morgan fingerprint density at radius 2 is 1.76 bits per heavy atom. The number of rotatable bonds is 7. The number of methoxy groups -OCH3 is 1. The number of esters is 1. The molecule has 5 aromatic rings. The summed E-state index contributed by atoms with van der Waals surface area (Å²) < 4.78 is 13.6. The third kappa shape index (κ3) is 4.59. The van der Waals surface area contributed by atoms with E-state index in [1.54, 1.807) is 55.1 Å². The molecular formula is C29H26N4O5. The molecule has 0 aliphatic carbocycles. The molecule has 38 heavy (non-hydrogen) atoms. The highest BCUT2D eigenvalue weighted by atomic mass is 16.5. The van der Waals surface area contributed by atoms with Crippen molar-refractivity contribution < 1.29 is 19.1 Å². The fourth-order valence-corrected chi connectivity index (χ4v) is 4.50. The van der Waals surface area contributed by atoms with Gasteiger partial charge in [-0.3, -0.25) is 14.0 Å². The summed E-state index contributed by atoms with van der Waals surface area (Å²) in [6.45, 7) is 2.52. The number of hydrogen-bond donors (Lipinski definition) is 0. The summed E-state index contributed by atoms with van der Waals surface area (Å²) in [6.07, 6.45) is 2.15. The Hall–Kier alpha value is -4.63. The molecule has 0 spiro atoms. The van der Waals surface area contributed by atoms with E-state index in [1.165, 1.54) is 10.5 Å². The summed E-state index contributed by atoms with van der Waals surface area (Å²) in [5, 5.41) is 1.85. The average molecular weight is 511 g/mol. The molecule has 0 atom stereocenters. The zero-order valence-corrected chi connectivity index (χ0v) is 21.1. The maximum atomic E-state index is 13.6. The van der Waals surface area contributed by atoms with Crippen molar-refractivity contribution in [2.75, 3.05) is 20.3 Å². The van der Waals surface area contributed by atoms with Gasteiger partial charge in [0.2, 0.25) is 0 Å². The van der Waals surface area contributed by atoms with Crippen LogP contribution in [0.15, 0.2) is 82.7 Å². The molecule has 192 valence electrons. The van der Waals surface area contributed by atoms with E-state index in [2.05, 4.69) is 4.99 Å². The lowest BCUT2D eigenvalue weighted by Gasteiger charge is -2.15. The largest absolute Gasteiger partial charge is 0.462 e. The number of hydrogen-bond acceptors (Lipinski definition) is 6. The molecule has 2 aromatic carbocycles. The number of aryl methyl sites for hydroxylation is 1. The highest BCUT2D eigenvalue weighted by Crippen LogP contribution is 2.19. The maximum Gasteiger partial charge on any atom is 0.341 e. The van der Waals surface area contributed by atoms with Crippen molar-refractivity contribution in [3.63, 3.8) is 0 Å². The van der Waals surface area contributed by atoms with Crippen LogP contribution >= 0.6 is 0 Å². The molecule has 1 amide bonds. The molecule has 3 heterocycles. The van der Waals surface area contributed by atoms with E-state index < -0.39 is 11.9 Å². The van der Waals surface area contributed by atoms with Gasteiger partial charge in [0.05, 0.1) is 12.0 Å². The Morgan fingerprint density at radius 1 is 0.974 bits per heavy atom. The number of nitrogens with zero attached hydrogens (tertiary/aromatic N) is 4. The molecule has 0 N–H and O–H groups in total. The summed E-state index contributed by atoms with van der Waals surface area (Å²) in [7, 11) is 1.59. The van der Waals surface area contributed by atoms with Gasteiger partial charge in [-0.1, -0.05) is 42.5 Å². The molecule has 0 aliphatic rings. The van der Waals surface area contributed by atoms with E-state index in [4.69, 9.17) is 14.5 Å². The zero-order chi connectivity index (χ0) is 26.6. The highest BCUT2D eigenvalue weighted by Gasteiger charge is 2.20. The molecule has 0 radical (unpaired) electrons. The van der Waals surface area contributed by atoms with Crippen molar-refractivity contribution in [3.05, 3.63) is 99.9 Å². The fourth-order valence-electron chi connectivity index (χ4n) is 4.50. The molecule has 0 saturated carbocycles. The molecule has 9 heteroatoms. The Morgan fingerprint density at radius 3 is 2.58 bits per heavy atom. The zero-order valence-electron chi connectivity index (χ0n) is 21.1. The second-order valence-electron chi connectivity index (χ2n) is 8.63. The number of carbonyl (C=O) groups excluding carboxylic acids is 2. The predicted molar refractivity (Wildman–Crippen MR) is 143 cm³/mol. The summed E-state index contributed by atoms with van der Waals surface area (Å²) in [5.41, 5.74) is 0.893. The van der Waals surface area contributed by atoms with Gasteiger partial charge in [0.25, 0.3) is 11.5 Å². The molecular weight excluding hydrogens is 484 g/mol. The number of benzene rings is 2. The monoisotopic (exact) mass is 510 g/mol. The SMILES string of the molecule is CCOC(=O)c1cc2c(=O)n3ccccc3nc2n(CCCOC)c1=NC(=O)c1cccc2ccccc12. The van der Waals surface area contributed by atoms with Gasteiger partial charge in [0, 0.05) is 32.0 Å². The second kappa shape index (κ2) is 10.8. The van der Waals surface area contributed by atoms with Gasteiger partial charge < -0.3 is 14.0 Å². The first-order chi connectivity index (χ1) is 18.5. The van der Waals surface area contributed by atoms with Crippen molar-refractivity contribution in [3.8, 4) is 0 Å². The number of aromatic nitrogens is 3. The topological polar surface area (TPSA) is 104 Å². The van der Waals surface area contributed by atoms with Gasteiger partial charge in [-0.15, -0.1) is 0 Å². The number of amides is 1. The molecule has 0 unspecified atom stereocenters. The first kappa shape index (κ1) is 25.0. The van der Waals surface area contributed by atoms with Crippen LogP contribution in [0.1, 0.15) is 34.1 Å². The van der Waals surface area contributed by atoms with E-state index in [9.17, 15) is 14.4 Å². The number of carbonyl (C=O) groups is 2. The predicted octanol–water partition coefficient (Wildman–Crippen LogP) is 3.76. The first-order valence-electron chi connectivity index (χ1n) is 12.3. The van der Waals surface area contributed by atoms with Crippen LogP contribution in [0.5, 0.6) is 0 Å². The summed E-state index contributed by atoms with van der Waals surface area (Å²) in [5.74, 6) is -1.21. The van der Waals surface area contributed by atoms with Gasteiger partial charge >= 0.3 is 5.97 Å². The van der Waals surface area contributed by atoms with Gasteiger partial charge in [0.1, 0.15) is 16.9 Å². The standard InChI is InChI=1S/C29H26N4O5/c1-3-38-29(36)23-18-22-25(30-24-14-6-7-15-32(24)28(22)35)33(16-9-17-37-2)26(23)31-27(34)21-13-8-11-19-10-4-5-12-20(19)21/h4-8,10-15,18H,3,9,16-17H2,1-2H3. The summed E-state index contributed by atoms with van der Waals surface area (Å²) in [6, 6.07) is 19.6. The third-order valence-electron chi connectivity index (χ3n) is 6.24. The van der Waals surface area contributed by atoms with Crippen LogP contribution in [0, 0.1) is 0 Å². The van der Waals surface area contributed by atoms with Gasteiger partial charge in [-0.2, -0.15) is 4.99 Å². The van der Waals surface area contributed by atoms with E-state index >= 15 is 0 Å². The fraction of sp³-hybridized carbons (Fsp3) is 0.207. The number of pyridine rings is 2. The number of ether oxygens (including phenoxy) is 2. The number of fused-ring (bicyclic) bond motifs is 3. The van der Waals surface area contributed by atoms with Crippen LogP contribution < -0.4 is 11.0 Å². The van der Waals surface area contributed by atoms with Crippen molar-refractivity contribution in [2.45, 2.75) is 19.9 Å². The maximum absolute atomic E-state index is 13.6. The van der Waals surface area contributed by atoms with Gasteiger partial charge in [-0.25, -0.2) is 9.78 Å². The van der Waals surface area contributed by atoms with Crippen molar-refractivity contribution in [1.82, 2.24) is 14.0 Å². The van der Waals surface area contributed by atoms with Crippen molar-refractivity contribution >= 4 is 39.3 Å². The third-order valence-corrected chi connectivity index (χ3v) is 6.24. The molecule has 5 rings (SSSR count). The van der Waals surface area contributed by atoms with Crippen LogP contribution in [-0.2, 0) is 16.0 Å². The Bertz CT molecular complexity index is 1810. The summed E-state index contributed by atoms with van der Waals surface area (Å²) in [4.78, 5) is 49.4. The first-order valence-corrected chi connectivity index (χ1v) is 12.3. The minimum absolute atomic E-state index is 0.0140. The lowest BCUT2D eigenvalue weighted by atomic mass is 10.0. The van der Waals surface area contributed by atoms with Gasteiger partial charge in [-0.05, 0) is 48.4 Å². The van der Waals surface area contributed by atoms with Crippen LogP contribution in [0.3, 0.4) is 0 Å². The highest BCUT2D eigenvalue weighted by molar-refractivity contribution is 6.07. The minimum Gasteiger partial charge on any atom is -0.462 e. The molecule has 0 saturated heterocycles. The van der Waals surface area contributed by atoms with Crippen LogP contribution in [-0.4, -0.2) is 46.2 Å². The van der Waals surface area contributed by atoms with Crippen LogP contribution in [0.4, 0.5) is 0 Å². The molecule has 0 bridgehead atoms. The Labute approximate surface area is 217 Å². The average Bonchev–Trinajstić information content (AvgIpc) is 2.94. The van der Waals surface area contributed by atoms with Crippen molar-refractivity contribution in [2.24, 2.45) is 4.99 Å². The van der Waals surface area contributed by atoms with E-state index in [0.29, 0.717) is 36.4 Å². The van der Waals surface area contributed by atoms with Crippen LogP contribution in [0.2, 0.25) is 0 Å². The normalized spacial score (nSPS) is 11.9. The van der Waals surface area contributed by atoms with Gasteiger partial charge in [0.15, 0.2) is 5.49 Å². The molecule has 9 nitrogen and oxygen atoms in total. The lowest BCUT2D eigenvalue weighted by Crippen LogP contribution is -2.33. The van der Waals surface area contributed by atoms with E-state index in [0.717, 1.165) is 10.8 Å². The van der Waals surface area contributed by atoms with Crippen molar-refractivity contribution in [1.29, 1.82) is 0 Å². The molecule has 0 fully saturated rings. The summed E-state index contributed by atoms with van der Waals surface area (Å²) >= 11 is 0. The van der Waals surface area contributed by atoms with E-state index in [-0.39, 0.29) is 28.6 Å². The van der Waals surface area contributed by atoms with E-state index in [1.807, 2.05) is 30.3 Å². The Balaban J connectivity index is 1.85. The van der Waals surface area contributed by atoms with Crippen LogP contribution in [0.25, 0.3) is 27.5 Å². The minimum atomic E-state index is -0.683.